The Kier molecular flexibility index (Phi) is 5.39. The predicted octanol–water partition coefficient (Wildman–Crippen LogP) is 3.01. The summed E-state index contributed by atoms with van der Waals surface area (Å²) in [5, 5.41) is 2.23. The van der Waals surface area contributed by atoms with Gasteiger partial charge in [-0.05, 0) is 29.3 Å². The first-order chi connectivity index (χ1) is 14.1. The van der Waals surface area contributed by atoms with Gasteiger partial charge in [0, 0.05) is 0 Å². The van der Waals surface area contributed by atoms with Crippen LogP contribution < -0.4 is 10.4 Å². The van der Waals surface area contributed by atoms with Gasteiger partial charge in [0.25, 0.3) is 8.32 Å². The molecule has 2 fully saturated rings. The van der Waals surface area contributed by atoms with Gasteiger partial charge < -0.3 is 18.6 Å². The summed E-state index contributed by atoms with van der Waals surface area (Å²) in [6, 6.07) is 20.8. The number of rotatable bonds is 5. The summed E-state index contributed by atoms with van der Waals surface area (Å²) in [6.07, 6.45) is -1.63. The Bertz CT molecular complexity index is 851. The SMILES string of the molecule is CC1(C)OC2C(=O)O[C@H](CO[Si](c3ccccc3)(c3ccccc3)C(C)(C)C)[C@H]2O1. The largest absolute Gasteiger partial charge is 0.455 e. The molecule has 0 aliphatic carbocycles. The van der Waals surface area contributed by atoms with Crippen molar-refractivity contribution in [1.82, 2.24) is 0 Å². The van der Waals surface area contributed by atoms with Gasteiger partial charge in [0.05, 0.1) is 6.61 Å². The van der Waals surface area contributed by atoms with Gasteiger partial charge >= 0.3 is 5.97 Å². The van der Waals surface area contributed by atoms with Crippen molar-refractivity contribution in [1.29, 1.82) is 0 Å². The fourth-order valence-electron chi connectivity index (χ4n) is 4.62. The van der Waals surface area contributed by atoms with Gasteiger partial charge in [0.15, 0.2) is 18.0 Å². The third-order valence-corrected chi connectivity index (χ3v) is 10.9. The molecule has 6 heteroatoms. The summed E-state index contributed by atoms with van der Waals surface area (Å²) in [7, 11) is -2.71. The molecule has 3 atom stereocenters. The molecule has 0 amide bonds. The van der Waals surface area contributed by atoms with Crippen molar-refractivity contribution in [3.05, 3.63) is 60.7 Å². The van der Waals surface area contributed by atoms with E-state index in [1.807, 2.05) is 26.0 Å². The lowest BCUT2D eigenvalue weighted by Crippen LogP contribution is -2.67. The number of benzene rings is 2. The maximum absolute atomic E-state index is 12.3. The molecule has 0 saturated carbocycles. The number of hydrogen-bond acceptors (Lipinski definition) is 5. The summed E-state index contributed by atoms with van der Waals surface area (Å²) >= 11 is 0. The topological polar surface area (TPSA) is 54.0 Å². The molecule has 0 N–H and O–H groups in total. The zero-order valence-electron chi connectivity index (χ0n) is 18.3. The van der Waals surface area contributed by atoms with Crippen LogP contribution in [0, 0.1) is 0 Å². The first-order valence-corrected chi connectivity index (χ1v) is 12.4. The maximum Gasteiger partial charge on any atom is 0.338 e. The highest BCUT2D eigenvalue weighted by molar-refractivity contribution is 6.99. The van der Waals surface area contributed by atoms with Crippen molar-refractivity contribution in [2.75, 3.05) is 6.61 Å². The first kappa shape index (κ1) is 21.2. The molecule has 160 valence electrons. The van der Waals surface area contributed by atoms with E-state index in [0.29, 0.717) is 0 Å². The van der Waals surface area contributed by atoms with Crippen LogP contribution in [0.2, 0.25) is 5.04 Å². The highest BCUT2D eigenvalue weighted by Crippen LogP contribution is 2.39. The Labute approximate surface area is 179 Å². The average Bonchev–Trinajstić information content (AvgIpc) is 3.17. The van der Waals surface area contributed by atoms with E-state index in [0.717, 1.165) is 0 Å². The zero-order valence-corrected chi connectivity index (χ0v) is 19.3. The lowest BCUT2D eigenvalue weighted by atomic mass is 10.1. The van der Waals surface area contributed by atoms with Crippen LogP contribution >= 0.6 is 0 Å². The first-order valence-electron chi connectivity index (χ1n) is 10.5. The van der Waals surface area contributed by atoms with E-state index in [-0.39, 0.29) is 17.6 Å². The highest BCUT2D eigenvalue weighted by atomic mass is 28.4. The minimum atomic E-state index is -2.71. The van der Waals surface area contributed by atoms with E-state index in [1.165, 1.54) is 10.4 Å². The molecule has 2 aliphatic rings. The molecule has 30 heavy (non-hydrogen) atoms. The van der Waals surface area contributed by atoms with E-state index >= 15 is 0 Å². The van der Waals surface area contributed by atoms with Crippen LogP contribution in [0.1, 0.15) is 34.6 Å². The molecule has 2 saturated heterocycles. The molecule has 0 bridgehead atoms. The second-order valence-electron chi connectivity index (χ2n) is 9.47. The number of cyclic esters (lactones) is 1. The van der Waals surface area contributed by atoms with Crippen LogP contribution in [0.15, 0.2) is 60.7 Å². The lowest BCUT2D eigenvalue weighted by molar-refractivity contribution is -0.188. The van der Waals surface area contributed by atoms with E-state index in [1.54, 1.807) is 0 Å². The molecule has 1 unspecified atom stereocenters. The Morgan fingerprint density at radius 3 is 1.97 bits per heavy atom. The fourth-order valence-corrected chi connectivity index (χ4v) is 9.19. The van der Waals surface area contributed by atoms with Crippen LogP contribution in [0.25, 0.3) is 0 Å². The van der Waals surface area contributed by atoms with Gasteiger partial charge in [-0.3, -0.25) is 0 Å². The van der Waals surface area contributed by atoms with Crippen molar-refractivity contribution in [2.24, 2.45) is 0 Å². The summed E-state index contributed by atoms with van der Waals surface area (Å²) in [5.74, 6) is -1.17. The van der Waals surface area contributed by atoms with Gasteiger partial charge in [-0.2, -0.15) is 0 Å². The third-order valence-electron chi connectivity index (χ3n) is 5.88. The molecule has 2 heterocycles. The van der Waals surface area contributed by atoms with Crippen molar-refractivity contribution in [2.45, 2.75) is 63.8 Å². The number of carbonyl (C=O) groups is 1. The molecular weight excluding hydrogens is 396 g/mol. The van der Waals surface area contributed by atoms with E-state index in [9.17, 15) is 4.79 Å². The van der Waals surface area contributed by atoms with E-state index in [4.69, 9.17) is 18.6 Å². The van der Waals surface area contributed by atoms with E-state index < -0.39 is 32.4 Å². The van der Waals surface area contributed by atoms with Crippen LogP contribution in [0.4, 0.5) is 0 Å². The molecule has 5 nitrogen and oxygen atoms in total. The Hall–Kier alpha value is -1.99. The molecule has 2 aromatic rings. The average molecular weight is 427 g/mol. The normalized spacial score (nSPS) is 25.8. The molecule has 0 aromatic heterocycles. The number of ether oxygens (including phenoxy) is 3. The maximum atomic E-state index is 12.3. The predicted molar refractivity (Wildman–Crippen MR) is 117 cm³/mol. The second kappa shape index (κ2) is 7.61. The van der Waals surface area contributed by atoms with Crippen molar-refractivity contribution < 1.29 is 23.4 Å². The fraction of sp³-hybridized carbons (Fsp3) is 0.458. The minimum Gasteiger partial charge on any atom is -0.455 e. The van der Waals surface area contributed by atoms with Crippen LogP contribution in [-0.2, 0) is 23.4 Å². The second-order valence-corrected chi connectivity index (χ2v) is 13.8. The van der Waals surface area contributed by atoms with Crippen molar-refractivity contribution in [3.8, 4) is 0 Å². The summed E-state index contributed by atoms with van der Waals surface area (Å²) in [6.45, 7) is 10.6. The number of esters is 1. The van der Waals surface area contributed by atoms with Crippen LogP contribution in [0.3, 0.4) is 0 Å². The van der Waals surface area contributed by atoms with Gasteiger partial charge in [-0.1, -0.05) is 81.4 Å². The Balaban J connectivity index is 1.70. The quantitative estimate of drug-likeness (QED) is 0.543. The number of hydrogen-bond donors (Lipinski definition) is 0. The van der Waals surface area contributed by atoms with Crippen LogP contribution in [0.5, 0.6) is 0 Å². The summed E-state index contributed by atoms with van der Waals surface area (Å²) in [5.41, 5.74) is 0. The monoisotopic (exact) mass is 426 g/mol. The van der Waals surface area contributed by atoms with Gasteiger partial charge in [-0.25, -0.2) is 4.79 Å². The molecule has 0 radical (unpaired) electrons. The number of carbonyl (C=O) groups excluding carboxylic acids is 1. The van der Waals surface area contributed by atoms with Crippen LogP contribution in [-0.4, -0.2) is 45.0 Å². The summed E-state index contributed by atoms with van der Waals surface area (Å²) in [4.78, 5) is 12.3. The molecule has 2 aromatic carbocycles. The minimum absolute atomic E-state index is 0.149. The Morgan fingerprint density at radius 2 is 1.47 bits per heavy atom. The highest BCUT2D eigenvalue weighted by Gasteiger charge is 2.57. The molecule has 0 spiro atoms. The Morgan fingerprint density at radius 1 is 0.933 bits per heavy atom. The third kappa shape index (κ3) is 3.62. The van der Waals surface area contributed by atoms with Crippen molar-refractivity contribution in [3.63, 3.8) is 0 Å². The van der Waals surface area contributed by atoms with Crippen molar-refractivity contribution >= 4 is 24.7 Å². The lowest BCUT2D eigenvalue weighted by Gasteiger charge is -2.43. The van der Waals surface area contributed by atoms with Gasteiger partial charge in [0.1, 0.15) is 6.10 Å². The molecule has 4 rings (SSSR count). The zero-order chi connectivity index (χ0) is 21.6. The number of fused-ring (bicyclic) bond motifs is 1. The van der Waals surface area contributed by atoms with Gasteiger partial charge in [-0.15, -0.1) is 0 Å². The van der Waals surface area contributed by atoms with E-state index in [2.05, 4.69) is 69.3 Å². The smallest absolute Gasteiger partial charge is 0.338 e. The van der Waals surface area contributed by atoms with Gasteiger partial charge in [0.2, 0.25) is 0 Å². The molecule has 2 aliphatic heterocycles. The standard InChI is InChI=1S/C24H30O5Si/c1-23(2,3)30(17-12-8-6-9-13-17,18-14-10-7-11-15-18)26-16-19-20-21(22(25)27-19)29-24(4,5)28-20/h6-15,19-21H,16H2,1-5H3/t19-,20-,21?/m1/s1. The summed E-state index contributed by atoms with van der Waals surface area (Å²) < 4.78 is 24.2. The molecular formula is C24H30O5Si.